The van der Waals surface area contributed by atoms with Crippen molar-refractivity contribution in [2.45, 2.75) is 122 Å². The van der Waals surface area contributed by atoms with Gasteiger partial charge in [0.25, 0.3) is 0 Å². The van der Waals surface area contributed by atoms with Gasteiger partial charge in [-0.1, -0.05) is 45.3 Å². The lowest BCUT2D eigenvalue weighted by atomic mass is 9.46. The first-order chi connectivity index (χ1) is 14.6. The number of allylic oxidation sites excluding steroid dienone is 1. The predicted molar refractivity (Wildman–Crippen MR) is 124 cm³/mol. The molecule has 0 amide bonds. The smallest absolute Gasteiger partial charge is 0.166 e. The van der Waals surface area contributed by atoms with Gasteiger partial charge in [-0.3, -0.25) is 0 Å². The molecule has 0 aromatic heterocycles. The first-order valence-electron chi connectivity index (χ1n) is 13.4. The third-order valence-electron chi connectivity index (χ3n) is 11.5. The average Bonchev–Trinajstić information content (AvgIpc) is 3.30. The summed E-state index contributed by atoms with van der Waals surface area (Å²) in [6, 6.07) is 0. The Balaban J connectivity index is 1.31. The third-order valence-corrected chi connectivity index (χ3v) is 11.5. The topological polar surface area (TPSA) is 60.7 Å². The van der Waals surface area contributed by atoms with E-state index in [2.05, 4.69) is 26.8 Å². The summed E-state index contributed by atoms with van der Waals surface area (Å²) >= 11 is 0. The Morgan fingerprint density at radius 2 is 1.68 bits per heavy atom. The highest BCUT2D eigenvalue weighted by Gasteiger charge is 2.59. The van der Waals surface area contributed by atoms with Gasteiger partial charge < -0.3 is 15.3 Å². The Kier molecular flexibility index (Phi) is 5.47. The van der Waals surface area contributed by atoms with Crippen LogP contribution in [0.2, 0.25) is 0 Å². The van der Waals surface area contributed by atoms with Crippen molar-refractivity contribution >= 4 is 0 Å². The number of rotatable bonds is 4. The SMILES string of the molecule is C[C@H](CCC1(O)CCCC1)[C@H]1CC[C@H]2[C@@H]3CC=C4CC(O)(O)CC[C@]4(C)[C@H]3CC[C@]12C. The molecular weight excluding hydrogens is 384 g/mol. The van der Waals surface area contributed by atoms with Crippen LogP contribution in [0, 0.1) is 40.4 Å². The van der Waals surface area contributed by atoms with Crippen LogP contribution >= 0.6 is 0 Å². The van der Waals surface area contributed by atoms with E-state index in [1.165, 1.54) is 50.5 Å². The molecule has 4 saturated carbocycles. The van der Waals surface area contributed by atoms with E-state index in [-0.39, 0.29) is 11.0 Å². The molecule has 31 heavy (non-hydrogen) atoms. The number of hydrogen-bond donors (Lipinski definition) is 3. The Morgan fingerprint density at radius 1 is 0.935 bits per heavy atom. The monoisotopic (exact) mass is 430 g/mol. The standard InChI is InChI=1S/C28H46O3/c1-19(10-15-27(29)12-4-5-13-27)22-8-9-23-21-7-6-20-18-28(30,31)17-16-25(20,2)24(21)11-14-26(22,23)3/h6,19,21-24,29-31H,4-5,7-18H2,1-3H3/t19-,21+,22-,23+,24+,25+,26-/m1/s1. The van der Waals surface area contributed by atoms with E-state index in [0.717, 1.165) is 55.8 Å². The molecule has 3 heteroatoms. The molecule has 7 atom stereocenters. The van der Waals surface area contributed by atoms with E-state index in [1.807, 2.05) is 0 Å². The van der Waals surface area contributed by atoms with Crippen molar-refractivity contribution in [3.63, 3.8) is 0 Å². The second kappa shape index (κ2) is 7.57. The van der Waals surface area contributed by atoms with Crippen molar-refractivity contribution < 1.29 is 15.3 Å². The number of hydrogen-bond acceptors (Lipinski definition) is 3. The van der Waals surface area contributed by atoms with E-state index < -0.39 is 5.79 Å². The minimum absolute atomic E-state index is 0.175. The minimum atomic E-state index is -1.49. The van der Waals surface area contributed by atoms with Gasteiger partial charge in [-0.2, -0.15) is 0 Å². The molecule has 0 spiro atoms. The van der Waals surface area contributed by atoms with Gasteiger partial charge in [0.2, 0.25) is 0 Å². The summed E-state index contributed by atoms with van der Waals surface area (Å²) in [7, 11) is 0. The molecule has 0 saturated heterocycles. The predicted octanol–water partition coefficient (Wildman–Crippen LogP) is 5.97. The minimum Gasteiger partial charge on any atom is -0.390 e. The van der Waals surface area contributed by atoms with Crippen LogP contribution in [-0.4, -0.2) is 26.7 Å². The zero-order valence-corrected chi connectivity index (χ0v) is 20.2. The van der Waals surface area contributed by atoms with E-state index in [1.54, 1.807) is 0 Å². The molecule has 0 heterocycles. The zero-order chi connectivity index (χ0) is 22.1. The number of fused-ring (bicyclic) bond motifs is 5. The quantitative estimate of drug-likeness (QED) is 0.380. The summed E-state index contributed by atoms with van der Waals surface area (Å²) in [6.07, 6.45) is 17.5. The highest BCUT2D eigenvalue weighted by molar-refractivity contribution is 5.26. The molecule has 0 aromatic carbocycles. The molecule has 3 nitrogen and oxygen atoms in total. The summed E-state index contributed by atoms with van der Waals surface area (Å²) in [6.45, 7) is 7.53. The highest BCUT2D eigenvalue weighted by atomic mass is 16.5. The van der Waals surface area contributed by atoms with Gasteiger partial charge in [-0.25, -0.2) is 0 Å². The molecule has 4 fully saturated rings. The zero-order valence-electron chi connectivity index (χ0n) is 20.2. The van der Waals surface area contributed by atoms with Crippen LogP contribution in [0.4, 0.5) is 0 Å². The first kappa shape index (κ1) is 22.4. The normalized spacial score (nSPS) is 46.6. The Labute approximate surface area is 189 Å². The maximum Gasteiger partial charge on any atom is 0.166 e. The van der Waals surface area contributed by atoms with E-state index in [9.17, 15) is 15.3 Å². The molecule has 0 unspecified atom stereocenters. The maximum absolute atomic E-state index is 10.9. The van der Waals surface area contributed by atoms with E-state index in [4.69, 9.17) is 0 Å². The summed E-state index contributed by atoms with van der Waals surface area (Å²) < 4.78 is 0. The van der Waals surface area contributed by atoms with Gasteiger partial charge in [0.05, 0.1) is 5.60 Å². The van der Waals surface area contributed by atoms with Gasteiger partial charge in [-0.15, -0.1) is 0 Å². The molecule has 5 aliphatic rings. The Hall–Kier alpha value is -0.380. The van der Waals surface area contributed by atoms with Crippen molar-refractivity contribution in [3.8, 4) is 0 Å². The van der Waals surface area contributed by atoms with Crippen molar-refractivity contribution in [3.05, 3.63) is 11.6 Å². The molecule has 3 N–H and O–H groups in total. The van der Waals surface area contributed by atoms with Crippen LogP contribution in [-0.2, 0) is 0 Å². The molecule has 5 aliphatic carbocycles. The summed E-state index contributed by atoms with van der Waals surface area (Å²) in [5.74, 6) is 2.33. The van der Waals surface area contributed by atoms with Crippen LogP contribution in [0.5, 0.6) is 0 Å². The lowest BCUT2D eigenvalue weighted by Gasteiger charge is -2.59. The lowest BCUT2D eigenvalue weighted by Crippen LogP contribution is -2.52. The highest BCUT2D eigenvalue weighted by Crippen LogP contribution is 2.67. The molecular formula is C28H46O3. The lowest BCUT2D eigenvalue weighted by molar-refractivity contribution is -0.189. The van der Waals surface area contributed by atoms with Gasteiger partial charge in [0.15, 0.2) is 5.79 Å². The molecule has 176 valence electrons. The van der Waals surface area contributed by atoms with E-state index >= 15 is 0 Å². The number of aliphatic hydroxyl groups is 3. The first-order valence-corrected chi connectivity index (χ1v) is 13.4. The average molecular weight is 431 g/mol. The van der Waals surface area contributed by atoms with E-state index in [0.29, 0.717) is 24.2 Å². The molecule has 0 radical (unpaired) electrons. The van der Waals surface area contributed by atoms with Gasteiger partial charge in [-0.05, 0) is 105 Å². The fourth-order valence-electron chi connectivity index (χ4n) is 9.59. The molecule has 0 aromatic rings. The van der Waals surface area contributed by atoms with Crippen LogP contribution < -0.4 is 0 Å². The third kappa shape index (κ3) is 3.66. The van der Waals surface area contributed by atoms with Gasteiger partial charge in [0.1, 0.15) is 0 Å². The van der Waals surface area contributed by atoms with Crippen LogP contribution in [0.3, 0.4) is 0 Å². The van der Waals surface area contributed by atoms with Crippen LogP contribution in [0.1, 0.15) is 111 Å². The van der Waals surface area contributed by atoms with Crippen molar-refractivity contribution in [2.75, 3.05) is 0 Å². The fourth-order valence-corrected chi connectivity index (χ4v) is 9.59. The maximum atomic E-state index is 10.9. The largest absolute Gasteiger partial charge is 0.390 e. The van der Waals surface area contributed by atoms with Crippen molar-refractivity contribution in [2.24, 2.45) is 40.4 Å². The van der Waals surface area contributed by atoms with Crippen molar-refractivity contribution in [1.82, 2.24) is 0 Å². The van der Waals surface area contributed by atoms with Gasteiger partial charge in [0, 0.05) is 12.8 Å². The molecule has 0 bridgehead atoms. The second-order valence-corrected chi connectivity index (χ2v) is 13.1. The van der Waals surface area contributed by atoms with Crippen molar-refractivity contribution in [1.29, 1.82) is 0 Å². The summed E-state index contributed by atoms with van der Waals surface area (Å²) in [4.78, 5) is 0. The van der Waals surface area contributed by atoms with Gasteiger partial charge >= 0.3 is 0 Å². The molecule has 5 rings (SSSR count). The summed E-state index contributed by atoms with van der Waals surface area (Å²) in [5, 5.41) is 31.4. The molecule has 0 aliphatic heterocycles. The second-order valence-electron chi connectivity index (χ2n) is 13.1. The summed E-state index contributed by atoms with van der Waals surface area (Å²) in [5.41, 5.74) is 1.60. The fraction of sp³-hybridized carbons (Fsp3) is 0.929. The van der Waals surface area contributed by atoms with Crippen LogP contribution in [0.15, 0.2) is 11.6 Å². The van der Waals surface area contributed by atoms with Crippen LogP contribution in [0.25, 0.3) is 0 Å². The Morgan fingerprint density at radius 3 is 2.42 bits per heavy atom. The Bertz CT molecular complexity index is 720.